The summed E-state index contributed by atoms with van der Waals surface area (Å²) >= 11 is 6.17. The van der Waals surface area contributed by atoms with Crippen molar-refractivity contribution < 1.29 is 14.4 Å². The number of halogens is 1. The first-order chi connectivity index (χ1) is 14.6. The molecule has 30 heavy (non-hydrogen) atoms. The van der Waals surface area contributed by atoms with Crippen molar-refractivity contribution in [3.63, 3.8) is 0 Å². The molecule has 1 aromatic heterocycles. The predicted molar refractivity (Wildman–Crippen MR) is 116 cm³/mol. The summed E-state index contributed by atoms with van der Waals surface area (Å²) in [4.78, 5) is 14.1. The average molecular weight is 427 g/mol. The number of hydrogen-bond donors (Lipinski definition) is 1. The van der Waals surface area contributed by atoms with Gasteiger partial charge in [0.05, 0.1) is 17.7 Å². The number of hydrazone groups is 1. The van der Waals surface area contributed by atoms with Crippen LogP contribution in [0.1, 0.15) is 18.1 Å². The van der Waals surface area contributed by atoms with E-state index < -0.39 is 4.92 Å². The van der Waals surface area contributed by atoms with Gasteiger partial charge in [-0.1, -0.05) is 29.8 Å². The summed E-state index contributed by atoms with van der Waals surface area (Å²) in [5, 5.41) is 15.4. The van der Waals surface area contributed by atoms with Crippen LogP contribution in [0, 0.1) is 10.1 Å². The van der Waals surface area contributed by atoms with Crippen LogP contribution in [0.15, 0.2) is 65.9 Å². The van der Waals surface area contributed by atoms with Crippen LogP contribution in [0.3, 0.4) is 0 Å². The lowest BCUT2D eigenvalue weighted by atomic mass is 10.2. The van der Waals surface area contributed by atoms with E-state index in [0.29, 0.717) is 35.6 Å². The Morgan fingerprint density at radius 2 is 2.00 bits per heavy atom. The summed E-state index contributed by atoms with van der Waals surface area (Å²) < 4.78 is 11.6. The molecule has 0 fully saturated rings. The molecule has 1 N–H and O–H groups in total. The van der Waals surface area contributed by atoms with Gasteiger partial charge < -0.3 is 9.47 Å². The third-order valence-corrected chi connectivity index (χ3v) is 4.33. The maximum Gasteiger partial charge on any atom is 0.287 e. The maximum atomic E-state index is 10.7. The second kappa shape index (κ2) is 10.2. The van der Waals surface area contributed by atoms with Gasteiger partial charge in [0.25, 0.3) is 5.69 Å². The lowest BCUT2D eigenvalue weighted by Crippen LogP contribution is -2.01. The molecule has 0 aliphatic rings. The van der Waals surface area contributed by atoms with Gasteiger partial charge in [-0.3, -0.25) is 15.5 Å². The largest absolute Gasteiger partial charge is 0.490 e. The van der Waals surface area contributed by atoms with Crippen molar-refractivity contribution in [2.45, 2.75) is 13.5 Å². The summed E-state index contributed by atoms with van der Waals surface area (Å²) in [5.41, 5.74) is 4.30. The van der Waals surface area contributed by atoms with E-state index in [9.17, 15) is 10.1 Å². The molecular formula is C21H19ClN4O4. The monoisotopic (exact) mass is 426 g/mol. The van der Waals surface area contributed by atoms with Crippen LogP contribution in [0.25, 0.3) is 0 Å². The molecule has 9 heteroatoms. The molecule has 2 aromatic carbocycles. The van der Waals surface area contributed by atoms with Crippen LogP contribution in [0.5, 0.6) is 11.5 Å². The summed E-state index contributed by atoms with van der Waals surface area (Å²) in [6.07, 6.45) is 2.75. The Morgan fingerprint density at radius 1 is 1.17 bits per heavy atom. The zero-order valence-electron chi connectivity index (χ0n) is 16.1. The normalized spacial score (nSPS) is 10.7. The number of nitro groups is 1. The highest BCUT2D eigenvalue weighted by Gasteiger charge is 2.08. The Balaban J connectivity index is 1.67. The topological polar surface area (TPSA) is 98.9 Å². The summed E-state index contributed by atoms with van der Waals surface area (Å²) in [5.74, 6) is 1.57. The van der Waals surface area contributed by atoms with Crippen molar-refractivity contribution in [3.05, 3.63) is 87.1 Å². The fraction of sp³-hybridized carbons (Fsp3) is 0.143. The van der Waals surface area contributed by atoms with Crippen molar-refractivity contribution in [2.24, 2.45) is 5.10 Å². The van der Waals surface area contributed by atoms with E-state index in [1.807, 2.05) is 37.3 Å². The van der Waals surface area contributed by atoms with Crippen molar-refractivity contribution in [1.82, 2.24) is 4.98 Å². The molecule has 154 valence electrons. The molecular weight excluding hydrogens is 408 g/mol. The zero-order chi connectivity index (χ0) is 21.3. The fourth-order valence-electron chi connectivity index (χ4n) is 2.50. The number of anilines is 1. The second-order valence-electron chi connectivity index (χ2n) is 6.05. The van der Waals surface area contributed by atoms with E-state index >= 15 is 0 Å². The third-order valence-electron chi connectivity index (χ3n) is 3.96. The zero-order valence-corrected chi connectivity index (χ0v) is 16.9. The molecule has 0 bridgehead atoms. The lowest BCUT2D eigenvalue weighted by Gasteiger charge is -2.13. The highest BCUT2D eigenvalue weighted by atomic mass is 35.5. The van der Waals surface area contributed by atoms with Gasteiger partial charge in [0.2, 0.25) is 0 Å². The molecule has 0 aliphatic heterocycles. The number of rotatable bonds is 9. The lowest BCUT2D eigenvalue weighted by molar-refractivity contribution is -0.385. The van der Waals surface area contributed by atoms with Gasteiger partial charge in [-0.05, 0) is 42.8 Å². The second-order valence-corrected chi connectivity index (χ2v) is 6.46. The van der Waals surface area contributed by atoms with Crippen LogP contribution >= 0.6 is 11.6 Å². The van der Waals surface area contributed by atoms with Crippen LogP contribution in [-0.4, -0.2) is 22.7 Å². The predicted octanol–water partition coefficient (Wildman–Crippen LogP) is 5.07. The molecule has 0 saturated carbocycles. The molecule has 0 saturated heterocycles. The van der Waals surface area contributed by atoms with E-state index in [2.05, 4.69) is 15.5 Å². The molecule has 0 radical (unpaired) electrons. The van der Waals surface area contributed by atoms with Gasteiger partial charge in [-0.25, -0.2) is 4.98 Å². The number of ether oxygens (including phenoxy) is 2. The van der Waals surface area contributed by atoms with Crippen molar-refractivity contribution in [2.75, 3.05) is 12.0 Å². The first kappa shape index (κ1) is 21.1. The van der Waals surface area contributed by atoms with Crippen LogP contribution in [-0.2, 0) is 6.61 Å². The van der Waals surface area contributed by atoms with E-state index in [4.69, 9.17) is 21.1 Å². The average Bonchev–Trinajstić information content (AvgIpc) is 2.75. The SMILES string of the molecule is CCOc1cc(/C=N/Nc2ccc([N+](=O)[O-])cn2)ccc1OCc1ccccc1Cl. The number of nitrogens with zero attached hydrogens (tertiary/aromatic N) is 3. The maximum absolute atomic E-state index is 10.7. The number of nitrogens with one attached hydrogen (secondary N) is 1. The first-order valence-electron chi connectivity index (χ1n) is 9.09. The molecule has 0 amide bonds. The van der Waals surface area contributed by atoms with Crippen molar-refractivity contribution >= 4 is 29.3 Å². The summed E-state index contributed by atoms with van der Waals surface area (Å²) in [7, 11) is 0. The van der Waals surface area contributed by atoms with Crippen molar-refractivity contribution in [1.29, 1.82) is 0 Å². The minimum Gasteiger partial charge on any atom is -0.490 e. The summed E-state index contributed by atoms with van der Waals surface area (Å²) in [6, 6.07) is 15.8. The van der Waals surface area contributed by atoms with Gasteiger partial charge in [0, 0.05) is 16.7 Å². The van der Waals surface area contributed by atoms with Crippen LogP contribution in [0.2, 0.25) is 5.02 Å². The highest BCUT2D eigenvalue weighted by Crippen LogP contribution is 2.29. The highest BCUT2D eigenvalue weighted by molar-refractivity contribution is 6.31. The quantitative estimate of drug-likeness (QED) is 0.291. The number of hydrogen-bond acceptors (Lipinski definition) is 7. The third kappa shape index (κ3) is 5.68. The van der Waals surface area contributed by atoms with Gasteiger partial charge in [-0.2, -0.15) is 5.10 Å². The molecule has 0 atom stereocenters. The standard InChI is InChI=1S/C21H19ClN4O4/c1-2-29-20-11-15(12-24-25-21-10-8-17(13-23-21)26(27)28)7-9-19(20)30-14-16-5-3-4-6-18(16)22/h3-13H,2,14H2,1H3,(H,23,25)/b24-12+. The van der Waals surface area contributed by atoms with Gasteiger partial charge in [-0.15, -0.1) is 0 Å². The first-order valence-corrected chi connectivity index (χ1v) is 9.47. The van der Waals surface area contributed by atoms with E-state index in [0.717, 1.165) is 17.3 Å². The molecule has 0 aliphatic carbocycles. The Hall–Kier alpha value is -3.65. The van der Waals surface area contributed by atoms with Gasteiger partial charge in [0.1, 0.15) is 18.6 Å². The van der Waals surface area contributed by atoms with Gasteiger partial charge in [0.15, 0.2) is 11.5 Å². The van der Waals surface area contributed by atoms with E-state index in [1.165, 1.54) is 12.1 Å². The van der Waals surface area contributed by atoms with Gasteiger partial charge >= 0.3 is 0 Å². The molecule has 0 unspecified atom stereocenters. The smallest absolute Gasteiger partial charge is 0.287 e. The fourth-order valence-corrected chi connectivity index (χ4v) is 2.69. The number of pyridine rings is 1. The minimum atomic E-state index is -0.509. The molecule has 8 nitrogen and oxygen atoms in total. The summed E-state index contributed by atoms with van der Waals surface area (Å²) in [6.45, 7) is 2.69. The molecule has 1 heterocycles. The van der Waals surface area contributed by atoms with Crippen LogP contribution in [0.4, 0.5) is 11.5 Å². The Kier molecular flexibility index (Phi) is 7.18. The molecule has 3 aromatic rings. The Bertz CT molecular complexity index is 1040. The van der Waals surface area contributed by atoms with E-state index in [1.54, 1.807) is 18.3 Å². The Morgan fingerprint density at radius 3 is 2.70 bits per heavy atom. The number of aromatic nitrogens is 1. The van der Waals surface area contributed by atoms with E-state index in [-0.39, 0.29) is 5.69 Å². The Labute approximate surface area is 178 Å². The van der Waals surface area contributed by atoms with Crippen LogP contribution < -0.4 is 14.9 Å². The molecule has 0 spiro atoms. The van der Waals surface area contributed by atoms with Crippen molar-refractivity contribution in [3.8, 4) is 11.5 Å². The minimum absolute atomic E-state index is 0.0849. The molecule has 3 rings (SSSR count). The number of benzene rings is 2.